The van der Waals surface area contributed by atoms with Gasteiger partial charge in [0.05, 0.1) is 31.9 Å². The first-order chi connectivity index (χ1) is 8.72. The molecule has 2 rings (SSSR count). The molecule has 0 saturated carbocycles. The normalized spacial score (nSPS) is 10.1. The summed E-state index contributed by atoms with van der Waals surface area (Å²) in [6, 6.07) is 0. The highest BCUT2D eigenvalue weighted by atomic mass is 16.5. The molecule has 0 aliphatic carbocycles. The highest BCUT2D eigenvalue weighted by Crippen LogP contribution is 2.17. The van der Waals surface area contributed by atoms with Crippen molar-refractivity contribution in [3.8, 4) is 11.6 Å². The Kier molecular flexibility index (Phi) is 3.52. The van der Waals surface area contributed by atoms with Crippen LogP contribution in [0.25, 0.3) is 0 Å². The summed E-state index contributed by atoms with van der Waals surface area (Å²) in [5.74, 6) is 0.322. The first-order valence-electron chi connectivity index (χ1n) is 5.33. The van der Waals surface area contributed by atoms with Gasteiger partial charge in [0, 0.05) is 6.54 Å². The average molecular weight is 248 g/mol. The van der Waals surface area contributed by atoms with Crippen LogP contribution in [0, 0.1) is 0 Å². The molecule has 0 aliphatic rings. The van der Waals surface area contributed by atoms with E-state index in [1.54, 1.807) is 17.1 Å². The topological polar surface area (TPSA) is 79.1 Å². The molecule has 7 nitrogen and oxygen atoms in total. The van der Waals surface area contributed by atoms with E-state index in [0.29, 0.717) is 11.6 Å². The zero-order valence-corrected chi connectivity index (χ0v) is 10.0. The van der Waals surface area contributed by atoms with E-state index in [-0.39, 0.29) is 5.69 Å². The summed E-state index contributed by atoms with van der Waals surface area (Å²) in [6.45, 7) is 2.73. The fourth-order valence-corrected chi connectivity index (χ4v) is 1.27. The van der Waals surface area contributed by atoms with Crippen molar-refractivity contribution in [3.63, 3.8) is 0 Å². The summed E-state index contributed by atoms with van der Waals surface area (Å²) in [6.07, 6.45) is 5.98. The van der Waals surface area contributed by atoms with Gasteiger partial charge in [-0.1, -0.05) is 0 Å². The maximum absolute atomic E-state index is 11.1. The van der Waals surface area contributed by atoms with Gasteiger partial charge in [-0.2, -0.15) is 5.10 Å². The molecular formula is C11H12N4O3. The molecule has 18 heavy (non-hydrogen) atoms. The molecule has 2 aromatic rings. The van der Waals surface area contributed by atoms with Crippen LogP contribution in [-0.4, -0.2) is 32.8 Å². The first kappa shape index (κ1) is 12.0. The predicted octanol–water partition coefficient (Wildman–Crippen LogP) is 1.27. The molecule has 0 radical (unpaired) electrons. The molecule has 0 spiro atoms. The van der Waals surface area contributed by atoms with E-state index in [0.717, 1.165) is 6.54 Å². The van der Waals surface area contributed by atoms with Crippen LogP contribution in [0.3, 0.4) is 0 Å². The quantitative estimate of drug-likeness (QED) is 0.758. The summed E-state index contributed by atoms with van der Waals surface area (Å²) < 4.78 is 11.7. The Labute approximate surface area is 103 Å². The van der Waals surface area contributed by atoms with Gasteiger partial charge in [0.1, 0.15) is 0 Å². The Hall–Kier alpha value is -2.44. The second kappa shape index (κ2) is 5.26. The van der Waals surface area contributed by atoms with Gasteiger partial charge in [-0.3, -0.25) is 4.68 Å². The predicted molar refractivity (Wildman–Crippen MR) is 61.3 cm³/mol. The lowest BCUT2D eigenvalue weighted by atomic mass is 10.4. The van der Waals surface area contributed by atoms with Crippen LogP contribution in [0.15, 0.2) is 24.8 Å². The first-order valence-corrected chi connectivity index (χ1v) is 5.33. The summed E-state index contributed by atoms with van der Waals surface area (Å²) in [4.78, 5) is 19.0. The van der Waals surface area contributed by atoms with Gasteiger partial charge in [0.25, 0.3) is 0 Å². The summed E-state index contributed by atoms with van der Waals surface area (Å²) in [5.41, 5.74) is 0.133. The lowest BCUT2D eigenvalue weighted by molar-refractivity contribution is 0.0593. The Morgan fingerprint density at radius 3 is 2.72 bits per heavy atom. The van der Waals surface area contributed by atoms with E-state index in [4.69, 9.17) is 4.74 Å². The average Bonchev–Trinajstić information content (AvgIpc) is 2.86. The molecule has 0 saturated heterocycles. The van der Waals surface area contributed by atoms with Crippen LogP contribution >= 0.6 is 0 Å². The minimum atomic E-state index is -0.534. The van der Waals surface area contributed by atoms with E-state index in [9.17, 15) is 4.79 Å². The molecule has 0 bridgehead atoms. The maximum atomic E-state index is 11.1. The molecule has 0 fully saturated rings. The fourth-order valence-electron chi connectivity index (χ4n) is 1.27. The molecule has 0 aromatic carbocycles. The van der Waals surface area contributed by atoms with Crippen molar-refractivity contribution in [3.05, 3.63) is 30.5 Å². The smallest absolute Gasteiger partial charge is 0.358 e. The van der Waals surface area contributed by atoms with E-state index in [1.807, 2.05) is 6.92 Å². The number of carbonyl (C=O) groups excluding carboxylic acids is 1. The van der Waals surface area contributed by atoms with Crippen LogP contribution in [0.4, 0.5) is 0 Å². The number of nitrogens with zero attached hydrogens (tertiary/aromatic N) is 4. The number of hydrogen-bond acceptors (Lipinski definition) is 6. The van der Waals surface area contributed by atoms with Gasteiger partial charge in [-0.05, 0) is 6.92 Å². The molecule has 2 heterocycles. The van der Waals surface area contributed by atoms with Gasteiger partial charge in [-0.15, -0.1) is 0 Å². The highest BCUT2D eigenvalue weighted by Gasteiger charge is 2.08. The third-order valence-electron chi connectivity index (χ3n) is 2.18. The molecule has 2 aromatic heterocycles. The lowest BCUT2D eigenvalue weighted by Gasteiger charge is -2.01. The number of esters is 1. The van der Waals surface area contributed by atoms with Crippen molar-refractivity contribution < 1.29 is 14.3 Å². The summed E-state index contributed by atoms with van der Waals surface area (Å²) in [7, 11) is 1.29. The van der Waals surface area contributed by atoms with Crippen LogP contribution in [0.2, 0.25) is 0 Å². The number of aromatic nitrogens is 4. The maximum Gasteiger partial charge on any atom is 0.358 e. The minimum Gasteiger partial charge on any atom is -0.464 e. The standard InChI is InChI=1S/C11H12N4O3/c1-3-15-7-8(4-14-15)18-10-6-12-9(5-13-10)11(16)17-2/h4-7H,3H2,1-2H3. The number of carbonyl (C=O) groups is 1. The second-order valence-corrected chi connectivity index (χ2v) is 3.37. The Morgan fingerprint density at radius 2 is 2.17 bits per heavy atom. The number of hydrogen-bond donors (Lipinski definition) is 0. The molecule has 7 heteroatoms. The molecular weight excluding hydrogens is 236 g/mol. The highest BCUT2D eigenvalue weighted by molar-refractivity contribution is 5.86. The van der Waals surface area contributed by atoms with Gasteiger partial charge in [0.2, 0.25) is 5.88 Å². The third kappa shape index (κ3) is 2.62. The summed E-state index contributed by atoms with van der Waals surface area (Å²) >= 11 is 0. The van der Waals surface area contributed by atoms with Crippen LogP contribution in [0.1, 0.15) is 17.4 Å². The lowest BCUT2D eigenvalue weighted by Crippen LogP contribution is -2.04. The number of methoxy groups -OCH3 is 1. The third-order valence-corrected chi connectivity index (χ3v) is 2.18. The van der Waals surface area contributed by atoms with Gasteiger partial charge >= 0.3 is 5.97 Å². The number of ether oxygens (including phenoxy) is 2. The monoisotopic (exact) mass is 248 g/mol. The Bertz CT molecular complexity index is 535. The Morgan fingerprint density at radius 1 is 1.33 bits per heavy atom. The van der Waals surface area contributed by atoms with Gasteiger partial charge in [-0.25, -0.2) is 14.8 Å². The van der Waals surface area contributed by atoms with Crippen molar-refractivity contribution in [1.29, 1.82) is 0 Å². The number of rotatable bonds is 4. The molecule has 94 valence electrons. The molecule has 0 atom stereocenters. The van der Waals surface area contributed by atoms with Crippen LogP contribution in [0.5, 0.6) is 11.6 Å². The van der Waals surface area contributed by atoms with E-state index < -0.39 is 5.97 Å². The van der Waals surface area contributed by atoms with E-state index >= 15 is 0 Å². The van der Waals surface area contributed by atoms with Crippen LogP contribution in [-0.2, 0) is 11.3 Å². The van der Waals surface area contributed by atoms with Gasteiger partial charge < -0.3 is 9.47 Å². The van der Waals surface area contributed by atoms with E-state index in [2.05, 4.69) is 19.8 Å². The number of aryl methyl sites for hydroxylation is 1. The van der Waals surface area contributed by atoms with E-state index in [1.165, 1.54) is 19.5 Å². The van der Waals surface area contributed by atoms with Crippen molar-refractivity contribution in [2.24, 2.45) is 0 Å². The van der Waals surface area contributed by atoms with Gasteiger partial charge in [0.15, 0.2) is 11.4 Å². The second-order valence-electron chi connectivity index (χ2n) is 3.37. The van der Waals surface area contributed by atoms with Crippen molar-refractivity contribution in [2.45, 2.75) is 13.5 Å². The Balaban J connectivity index is 2.08. The zero-order chi connectivity index (χ0) is 13.0. The minimum absolute atomic E-state index is 0.133. The van der Waals surface area contributed by atoms with Crippen LogP contribution < -0.4 is 4.74 Å². The molecule has 0 amide bonds. The van der Waals surface area contributed by atoms with Crippen molar-refractivity contribution >= 4 is 5.97 Å². The fraction of sp³-hybridized carbons (Fsp3) is 0.273. The van der Waals surface area contributed by atoms with Crippen molar-refractivity contribution in [2.75, 3.05) is 7.11 Å². The zero-order valence-electron chi connectivity index (χ0n) is 10.0. The molecule has 0 unspecified atom stereocenters. The molecule has 0 N–H and O–H groups in total. The largest absolute Gasteiger partial charge is 0.464 e. The summed E-state index contributed by atoms with van der Waals surface area (Å²) in [5, 5.41) is 4.06. The SMILES string of the molecule is CCn1cc(Oc2cnc(C(=O)OC)cn2)cn1. The van der Waals surface area contributed by atoms with Crippen molar-refractivity contribution in [1.82, 2.24) is 19.7 Å². The molecule has 0 aliphatic heterocycles.